The summed E-state index contributed by atoms with van der Waals surface area (Å²) in [6.45, 7) is 2.18. The standard InChI is InChI=1S/C19H18N4O2S/c1-13-16(17(24)20-12-14-8-4-2-5-9-14)26-19(21-13)23-18(25)22-15-10-6-3-7-11-15/h2-11H,12H2,1H3,(H,20,24)(H2,21,22,23,25). The highest BCUT2D eigenvalue weighted by Gasteiger charge is 2.16. The Bertz CT molecular complexity index is 894. The summed E-state index contributed by atoms with van der Waals surface area (Å²) in [4.78, 5) is 29.1. The maximum absolute atomic E-state index is 12.4. The number of amides is 3. The van der Waals surface area contributed by atoms with Gasteiger partial charge in [0.2, 0.25) is 0 Å². The third kappa shape index (κ3) is 4.67. The van der Waals surface area contributed by atoms with E-state index < -0.39 is 6.03 Å². The number of carbonyl (C=O) groups is 2. The van der Waals surface area contributed by atoms with Gasteiger partial charge >= 0.3 is 6.03 Å². The van der Waals surface area contributed by atoms with Crippen LogP contribution in [0.3, 0.4) is 0 Å². The van der Waals surface area contributed by atoms with E-state index in [4.69, 9.17) is 0 Å². The molecule has 0 fully saturated rings. The number of anilines is 2. The number of benzene rings is 2. The summed E-state index contributed by atoms with van der Waals surface area (Å²) in [5.41, 5.74) is 2.28. The van der Waals surface area contributed by atoms with E-state index in [1.807, 2.05) is 48.5 Å². The van der Waals surface area contributed by atoms with Crippen LogP contribution in [-0.4, -0.2) is 16.9 Å². The molecule has 0 aliphatic rings. The van der Waals surface area contributed by atoms with Crippen LogP contribution >= 0.6 is 11.3 Å². The summed E-state index contributed by atoms with van der Waals surface area (Å²) in [6, 6.07) is 18.4. The minimum absolute atomic E-state index is 0.208. The molecule has 0 saturated heterocycles. The predicted octanol–water partition coefficient (Wildman–Crippen LogP) is 4.03. The molecule has 2 aromatic carbocycles. The lowest BCUT2D eigenvalue weighted by molar-refractivity contribution is 0.0954. The zero-order valence-corrected chi connectivity index (χ0v) is 15.0. The van der Waals surface area contributed by atoms with Gasteiger partial charge in [-0.2, -0.15) is 0 Å². The molecule has 0 saturated carbocycles. The molecule has 3 aromatic rings. The van der Waals surface area contributed by atoms with Crippen molar-refractivity contribution >= 4 is 34.1 Å². The van der Waals surface area contributed by atoms with E-state index in [1.165, 1.54) is 0 Å². The fraction of sp³-hybridized carbons (Fsp3) is 0.105. The summed E-state index contributed by atoms with van der Waals surface area (Å²) in [5, 5.41) is 8.61. The summed E-state index contributed by atoms with van der Waals surface area (Å²) in [5.74, 6) is -0.208. The van der Waals surface area contributed by atoms with Gasteiger partial charge in [0.1, 0.15) is 4.88 Å². The number of urea groups is 1. The Morgan fingerprint density at radius 1 is 0.962 bits per heavy atom. The van der Waals surface area contributed by atoms with Gasteiger partial charge in [-0.15, -0.1) is 0 Å². The highest BCUT2D eigenvalue weighted by molar-refractivity contribution is 7.17. The van der Waals surface area contributed by atoms with Crippen LogP contribution in [0.25, 0.3) is 0 Å². The van der Waals surface area contributed by atoms with Crippen molar-refractivity contribution in [3.63, 3.8) is 0 Å². The average Bonchev–Trinajstić information content (AvgIpc) is 3.01. The second-order valence-electron chi connectivity index (χ2n) is 5.55. The Morgan fingerprint density at radius 3 is 2.31 bits per heavy atom. The van der Waals surface area contributed by atoms with Crippen molar-refractivity contribution in [3.8, 4) is 0 Å². The van der Waals surface area contributed by atoms with Gasteiger partial charge in [0.05, 0.1) is 5.69 Å². The second kappa shape index (κ2) is 8.26. The van der Waals surface area contributed by atoms with Gasteiger partial charge in [0.15, 0.2) is 5.13 Å². The molecule has 3 amide bonds. The zero-order chi connectivity index (χ0) is 18.4. The van der Waals surface area contributed by atoms with Gasteiger partial charge in [-0.25, -0.2) is 9.78 Å². The smallest absolute Gasteiger partial charge is 0.325 e. The molecule has 3 rings (SSSR count). The van der Waals surface area contributed by atoms with Crippen LogP contribution in [-0.2, 0) is 6.54 Å². The Morgan fingerprint density at radius 2 is 1.62 bits per heavy atom. The second-order valence-corrected chi connectivity index (χ2v) is 6.55. The van der Waals surface area contributed by atoms with Crippen LogP contribution in [0.1, 0.15) is 20.9 Å². The molecule has 0 unspecified atom stereocenters. The SMILES string of the molecule is Cc1nc(NC(=O)Nc2ccccc2)sc1C(=O)NCc1ccccc1. The molecule has 0 aliphatic heterocycles. The molecule has 0 radical (unpaired) electrons. The average molecular weight is 366 g/mol. The number of nitrogens with zero attached hydrogens (tertiary/aromatic N) is 1. The van der Waals surface area contributed by atoms with Crippen LogP contribution in [0.4, 0.5) is 15.6 Å². The predicted molar refractivity (Wildman–Crippen MR) is 104 cm³/mol. The van der Waals surface area contributed by atoms with Crippen LogP contribution < -0.4 is 16.0 Å². The Balaban J connectivity index is 1.59. The first-order valence-electron chi connectivity index (χ1n) is 8.04. The third-order valence-corrected chi connectivity index (χ3v) is 4.62. The highest BCUT2D eigenvalue weighted by atomic mass is 32.1. The normalized spacial score (nSPS) is 10.2. The fourth-order valence-electron chi connectivity index (χ4n) is 2.30. The largest absolute Gasteiger partial charge is 0.347 e. The van der Waals surface area contributed by atoms with Crippen molar-refractivity contribution in [2.75, 3.05) is 10.6 Å². The Kier molecular flexibility index (Phi) is 5.60. The summed E-state index contributed by atoms with van der Waals surface area (Å²) < 4.78 is 0. The number of rotatable bonds is 5. The van der Waals surface area contributed by atoms with E-state index in [1.54, 1.807) is 19.1 Å². The minimum Gasteiger partial charge on any atom is -0.347 e. The quantitative estimate of drug-likeness (QED) is 0.638. The van der Waals surface area contributed by atoms with Crippen LogP contribution in [0.2, 0.25) is 0 Å². The number of aromatic nitrogens is 1. The molecule has 1 heterocycles. The van der Waals surface area contributed by atoms with Gasteiger partial charge in [-0.05, 0) is 24.6 Å². The van der Waals surface area contributed by atoms with Crippen LogP contribution in [0.5, 0.6) is 0 Å². The number of carbonyl (C=O) groups excluding carboxylic acids is 2. The molecule has 132 valence electrons. The van der Waals surface area contributed by atoms with Crippen molar-refractivity contribution in [2.45, 2.75) is 13.5 Å². The number of thiazole rings is 1. The maximum Gasteiger partial charge on any atom is 0.325 e. The van der Waals surface area contributed by atoms with Gasteiger partial charge in [0, 0.05) is 12.2 Å². The molecule has 0 spiro atoms. The lowest BCUT2D eigenvalue weighted by Crippen LogP contribution is -2.22. The van der Waals surface area contributed by atoms with Gasteiger partial charge in [0.25, 0.3) is 5.91 Å². The molecule has 6 nitrogen and oxygen atoms in total. The lowest BCUT2D eigenvalue weighted by Gasteiger charge is -2.04. The molecule has 7 heteroatoms. The maximum atomic E-state index is 12.4. The molecule has 0 aliphatic carbocycles. The lowest BCUT2D eigenvalue weighted by atomic mass is 10.2. The molecule has 3 N–H and O–H groups in total. The van der Waals surface area contributed by atoms with Crippen molar-refractivity contribution in [1.82, 2.24) is 10.3 Å². The monoisotopic (exact) mass is 366 g/mol. The molecule has 0 atom stereocenters. The third-order valence-electron chi connectivity index (χ3n) is 3.55. The van der Waals surface area contributed by atoms with Gasteiger partial charge < -0.3 is 10.6 Å². The van der Waals surface area contributed by atoms with Crippen molar-refractivity contribution in [2.24, 2.45) is 0 Å². The van der Waals surface area contributed by atoms with E-state index in [0.717, 1.165) is 16.9 Å². The highest BCUT2D eigenvalue weighted by Crippen LogP contribution is 2.22. The number of aryl methyl sites for hydroxylation is 1. The Labute approximate surface area is 155 Å². The summed E-state index contributed by atoms with van der Waals surface area (Å²) in [7, 11) is 0. The number of nitrogens with one attached hydrogen (secondary N) is 3. The molecule has 1 aromatic heterocycles. The van der Waals surface area contributed by atoms with Crippen molar-refractivity contribution in [1.29, 1.82) is 0 Å². The van der Waals surface area contributed by atoms with Crippen LogP contribution in [0.15, 0.2) is 60.7 Å². The van der Waals surface area contributed by atoms with Crippen molar-refractivity contribution < 1.29 is 9.59 Å². The Hall–Kier alpha value is -3.19. The number of hydrogen-bond acceptors (Lipinski definition) is 4. The summed E-state index contributed by atoms with van der Waals surface area (Å²) >= 11 is 1.15. The fourth-order valence-corrected chi connectivity index (χ4v) is 3.18. The van der Waals surface area contributed by atoms with E-state index in [-0.39, 0.29) is 5.91 Å². The number of hydrogen-bond donors (Lipinski definition) is 3. The van der Waals surface area contributed by atoms with Gasteiger partial charge in [-0.3, -0.25) is 10.1 Å². The zero-order valence-electron chi connectivity index (χ0n) is 14.2. The minimum atomic E-state index is -0.402. The molecular formula is C19H18N4O2S. The van der Waals surface area contributed by atoms with E-state index in [9.17, 15) is 9.59 Å². The van der Waals surface area contributed by atoms with E-state index >= 15 is 0 Å². The van der Waals surface area contributed by atoms with Crippen LogP contribution in [0, 0.1) is 6.92 Å². The first kappa shape index (κ1) is 17.6. The topological polar surface area (TPSA) is 83.1 Å². The van der Waals surface area contributed by atoms with Crippen molar-refractivity contribution in [3.05, 3.63) is 76.8 Å². The first-order chi connectivity index (χ1) is 12.6. The number of para-hydroxylation sites is 1. The molecule has 0 bridgehead atoms. The first-order valence-corrected chi connectivity index (χ1v) is 8.86. The van der Waals surface area contributed by atoms with E-state index in [2.05, 4.69) is 20.9 Å². The van der Waals surface area contributed by atoms with Gasteiger partial charge in [-0.1, -0.05) is 59.9 Å². The summed E-state index contributed by atoms with van der Waals surface area (Å²) in [6.07, 6.45) is 0. The molecular weight excluding hydrogens is 348 g/mol. The molecule has 26 heavy (non-hydrogen) atoms. The van der Waals surface area contributed by atoms with E-state index in [0.29, 0.717) is 27.9 Å².